The molecule has 0 radical (unpaired) electrons. The molecule has 1 heterocycles. The van der Waals surface area contributed by atoms with Crippen LogP contribution in [0, 0.1) is 5.41 Å². The van der Waals surface area contributed by atoms with Gasteiger partial charge in [-0.2, -0.15) is 0 Å². The van der Waals surface area contributed by atoms with Crippen molar-refractivity contribution in [2.75, 3.05) is 13.7 Å². The van der Waals surface area contributed by atoms with Crippen molar-refractivity contribution in [3.8, 4) is 0 Å². The Morgan fingerprint density at radius 1 is 1.43 bits per heavy atom. The van der Waals surface area contributed by atoms with Gasteiger partial charge in [0.25, 0.3) is 0 Å². The number of carbonyl (C=O) groups is 1. The van der Waals surface area contributed by atoms with Crippen molar-refractivity contribution in [2.24, 2.45) is 5.41 Å². The summed E-state index contributed by atoms with van der Waals surface area (Å²) in [6.07, 6.45) is 6.21. The Balaban J connectivity index is 0.000000980. The van der Waals surface area contributed by atoms with Gasteiger partial charge in [0.15, 0.2) is 0 Å². The SMILES string of the molecule is COC(=O)[C@@H]1CC2(CCCC2)CN1.Cl. The highest BCUT2D eigenvalue weighted by Crippen LogP contribution is 2.44. The fourth-order valence-corrected chi connectivity index (χ4v) is 2.73. The van der Waals surface area contributed by atoms with Crippen molar-refractivity contribution in [1.29, 1.82) is 0 Å². The molecular weight excluding hydrogens is 202 g/mol. The molecule has 2 fully saturated rings. The summed E-state index contributed by atoms with van der Waals surface area (Å²) in [5.74, 6) is -0.0937. The van der Waals surface area contributed by atoms with Crippen LogP contribution < -0.4 is 5.32 Å². The van der Waals surface area contributed by atoms with Gasteiger partial charge in [0, 0.05) is 6.54 Å². The van der Waals surface area contributed by atoms with Crippen LogP contribution in [0.2, 0.25) is 0 Å². The van der Waals surface area contributed by atoms with E-state index in [0.717, 1.165) is 13.0 Å². The van der Waals surface area contributed by atoms with E-state index >= 15 is 0 Å². The average molecular weight is 220 g/mol. The standard InChI is InChI=1S/C10H17NO2.ClH/c1-13-9(12)8-6-10(7-11-8)4-2-3-5-10;/h8,11H,2-7H2,1H3;1H/t8-;/m0./s1. The van der Waals surface area contributed by atoms with Gasteiger partial charge in [-0.15, -0.1) is 12.4 Å². The Morgan fingerprint density at radius 3 is 2.64 bits per heavy atom. The zero-order chi connectivity index (χ0) is 9.31. The number of hydrogen-bond acceptors (Lipinski definition) is 3. The Morgan fingerprint density at radius 2 is 2.07 bits per heavy atom. The van der Waals surface area contributed by atoms with Gasteiger partial charge in [0.2, 0.25) is 0 Å². The van der Waals surface area contributed by atoms with Crippen LogP contribution in [0.25, 0.3) is 0 Å². The van der Waals surface area contributed by atoms with E-state index in [1.54, 1.807) is 0 Å². The van der Waals surface area contributed by atoms with Crippen LogP contribution in [0.1, 0.15) is 32.1 Å². The number of hydrogen-bond donors (Lipinski definition) is 1. The molecule has 0 amide bonds. The summed E-state index contributed by atoms with van der Waals surface area (Å²) in [7, 11) is 1.46. The van der Waals surface area contributed by atoms with Crippen molar-refractivity contribution in [1.82, 2.24) is 5.32 Å². The molecule has 0 aromatic heterocycles. The van der Waals surface area contributed by atoms with E-state index in [-0.39, 0.29) is 24.4 Å². The highest BCUT2D eigenvalue weighted by atomic mass is 35.5. The fraction of sp³-hybridized carbons (Fsp3) is 0.900. The zero-order valence-corrected chi connectivity index (χ0v) is 9.36. The van der Waals surface area contributed by atoms with Crippen LogP contribution in [0.15, 0.2) is 0 Å². The molecule has 1 saturated carbocycles. The summed E-state index contributed by atoms with van der Waals surface area (Å²) in [5, 5.41) is 3.27. The van der Waals surface area contributed by atoms with Crippen LogP contribution in [-0.4, -0.2) is 25.7 Å². The van der Waals surface area contributed by atoms with Crippen LogP contribution in [0.3, 0.4) is 0 Å². The summed E-state index contributed by atoms with van der Waals surface area (Å²) in [5.41, 5.74) is 0.429. The summed E-state index contributed by atoms with van der Waals surface area (Å²) < 4.78 is 4.74. The maximum Gasteiger partial charge on any atom is 0.322 e. The lowest BCUT2D eigenvalue weighted by Gasteiger charge is -2.20. The van der Waals surface area contributed by atoms with Gasteiger partial charge in [-0.25, -0.2) is 0 Å². The molecule has 1 aliphatic carbocycles. The third-order valence-corrected chi connectivity index (χ3v) is 3.51. The summed E-state index contributed by atoms with van der Waals surface area (Å²) >= 11 is 0. The molecule has 14 heavy (non-hydrogen) atoms. The normalized spacial score (nSPS) is 28.8. The molecule has 1 saturated heterocycles. The minimum Gasteiger partial charge on any atom is -0.468 e. The van der Waals surface area contributed by atoms with E-state index in [1.807, 2.05) is 0 Å². The van der Waals surface area contributed by atoms with E-state index in [4.69, 9.17) is 4.74 Å². The summed E-state index contributed by atoms with van der Waals surface area (Å²) in [6.45, 7) is 1.01. The monoisotopic (exact) mass is 219 g/mol. The second kappa shape index (κ2) is 4.49. The highest BCUT2D eigenvalue weighted by molar-refractivity contribution is 5.85. The first-order valence-electron chi connectivity index (χ1n) is 5.07. The van der Waals surface area contributed by atoms with Gasteiger partial charge in [-0.05, 0) is 24.7 Å². The Hall–Kier alpha value is -0.280. The van der Waals surface area contributed by atoms with E-state index in [2.05, 4.69) is 5.32 Å². The molecule has 1 aliphatic heterocycles. The second-order valence-electron chi connectivity index (χ2n) is 4.37. The summed E-state index contributed by atoms with van der Waals surface area (Å²) in [4.78, 5) is 11.3. The fourth-order valence-electron chi connectivity index (χ4n) is 2.73. The first-order valence-corrected chi connectivity index (χ1v) is 5.07. The number of halogens is 1. The van der Waals surface area contributed by atoms with Crippen molar-refractivity contribution in [2.45, 2.75) is 38.1 Å². The average Bonchev–Trinajstić information content (AvgIpc) is 2.76. The van der Waals surface area contributed by atoms with Crippen LogP contribution in [0.5, 0.6) is 0 Å². The lowest BCUT2D eigenvalue weighted by molar-refractivity contribution is -0.142. The van der Waals surface area contributed by atoms with Crippen molar-refractivity contribution in [3.63, 3.8) is 0 Å². The van der Waals surface area contributed by atoms with Gasteiger partial charge in [-0.1, -0.05) is 12.8 Å². The van der Waals surface area contributed by atoms with Crippen molar-refractivity contribution >= 4 is 18.4 Å². The third kappa shape index (κ3) is 2.04. The first kappa shape index (κ1) is 11.8. The molecule has 1 atom stereocenters. The van der Waals surface area contributed by atoms with Gasteiger partial charge in [0.1, 0.15) is 6.04 Å². The molecule has 0 bridgehead atoms. The van der Waals surface area contributed by atoms with E-state index < -0.39 is 0 Å². The molecular formula is C10H18ClNO2. The number of methoxy groups -OCH3 is 1. The molecule has 1 N–H and O–H groups in total. The molecule has 4 heteroatoms. The maximum atomic E-state index is 11.3. The lowest BCUT2D eigenvalue weighted by atomic mass is 9.84. The molecule has 3 nitrogen and oxygen atoms in total. The largest absolute Gasteiger partial charge is 0.468 e. The molecule has 2 aliphatic rings. The Labute approximate surface area is 91.0 Å². The molecule has 2 rings (SSSR count). The van der Waals surface area contributed by atoms with E-state index in [9.17, 15) is 4.79 Å². The number of nitrogens with one attached hydrogen (secondary N) is 1. The Kier molecular flexibility index (Phi) is 3.78. The third-order valence-electron chi connectivity index (χ3n) is 3.51. The number of carbonyl (C=O) groups excluding carboxylic acids is 1. The van der Waals surface area contributed by atoms with Crippen LogP contribution in [-0.2, 0) is 9.53 Å². The highest BCUT2D eigenvalue weighted by Gasteiger charge is 2.43. The van der Waals surface area contributed by atoms with E-state index in [1.165, 1.54) is 32.8 Å². The zero-order valence-electron chi connectivity index (χ0n) is 8.54. The molecule has 0 aromatic carbocycles. The smallest absolute Gasteiger partial charge is 0.322 e. The molecule has 0 unspecified atom stereocenters. The molecule has 82 valence electrons. The lowest BCUT2D eigenvalue weighted by Crippen LogP contribution is -2.31. The molecule has 0 aromatic rings. The van der Waals surface area contributed by atoms with Crippen molar-refractivity contribution < 1.29 is 9.53 Å². The predicted octanol–water partition coefficient (Wildman–Crippen LogP) is 1.50. The summed E-state index contributed by atoms with van der Waals surface area (Å²) in [6, 6.07) is -0.0388. The quantitative estimate of drug-likeness (QED) is 0.680. The van der Waals surface area contributed by atoms with Gasteiger partial charge in [0.05, 0.1) is 7.11 Å². The molecule has 1 spiro atoms. The van der Waals surface area contributed by atoms with Gasteiger partial charge < -0.3 is 10.1 Å². The first-order chi connectivity index (χ1) is 6.26. The van der Waals surface area contributed by atoms with Gasteiger partial charge >= 0.3 is 5.97 Å². The van der Waals surface area contributed by atoms with Crippen LogP contribution in [0.4, 0.5) is 0 Å². The number of ether oxygens (including phenoxy) is 1. The maximum absolute atomic E-state index is 11.3. The topological polar surface area (TPSA) is 38.3 Å². The van der Waals surface area contributed by atoms with Crippen LogP contribution >= 0.6 is 12.4 Å². The minimum absolute atomic E-state index is 0. The second-order valence-corrected chi connectivity index (χ2v) is 4.37. The predicted molar refractivity (Wildman–Crippen MR) is 56.6 cm³/mol. The van der Waals surface area contributed by atoms with E-state index in [0.29, 0.717) is 5.41 Å². The minimum atomic E-state index is -0.0937. The Bertz CT molecular complexity index is 214. The van der Waals surface area contributed by atoms with Gasteiger partial charge in [-0.3, -0.25) is 4.79 Å². The number of rotatable bonds is 1. The van der Waals surface area contributed by atoms with Crippen molar-refractivity contribution in [3.05, 3.63) is 0 Å². The number of esters is 1.